The van der Waals surface area contributed by atoms with Crippen LogP contribution in [0.15, 0.2) is 12.3 Å². The Hall–Kier alpha value is -1.99. The Labute approximate surface area is 115 Å². The molecule has 0 aromatic carbocycles. The van der Waals surface area contributed by atoms with Crippen molar-refractivity contribution in [3.05, 3.63) is 18.0 Å². The van der Waals surface area contributed by atoms with Crippen LogP contribution >= 0.6 is 0 Å². The zero-order chi connectivity index (χ0) is 15.3. The molecule has 1 aromatic heterocycles. The Morgan fingerprint density at radius 3 is 2.65 bits per heavy atom. The smallest absolute Gasteiger partial charge is 0.396 e. The van der Waals surface area contributed by atoms with E-state index < -0.39 is 11.9 Å². The van der Waals surface area contributed by atoms with E-state index in [9.17, 15) is 18.0 Å². The predicted molar refractivity (Wildman–Crippen MR) is 70.2 cm³/mol. The van der Waals surface area contributed by atoms with Crippen LogP contribution in [0.3, 0.4) is 0 Å². The summed E-state index contributed by atoms with van der Waals surface area (Å²) < 4.78 is 38.0. The molecule has 0 fully saturated rings. The van der Waals surface area contributed by atoms with Crippen molar-refractivity contribution in [1.82, 2.24) is 10.3 Å². The lowest BCUT2D eigenvalue weighted by molar-refractivity contribution is -0.141. The molecule has 0 aliphatic heterocycles. The molecular formula is C12H17F3N4O. The first-order valence-corrected chi connectivity index (χ1v) is 6.07. The van der Waals surface area contributed by atoms with Crippen molar-refractivity contribution in [1.29, 1.82) is 0 Å². The molecule has 0 radical (unpaired) electrons. The van der Waals surface area contributed by atoms with E-state index in [0.717, 1.165) is 12.3 Å². The van der Waals surface area contributed by atoms with Crippen LogP contribution < -0.4 is 16.0 Å². The van der Waals surface area contributed by atoms with E-state index in [1.807, 2.05) is 6.92 Å². The van der Waals surface area contributed by atoms with Gasteiger partial charge < -0.3 is 16.0 Å². The number of rotatable bonds is 5. The van der Waals surface area contributed by atoms with Gasteiger partial charge in [0.1, 0.15) is 5.69 Å². The lowest BCUT2D eigenvalue weighted by Gasteiger charge is -2.25. The van der Waals surface area contributed by atoms with Gasteiger partial charge in [0.15, 0.2) is 0 Å². The molecular weight excluding hydrogens is 273 g/mol. The molecule has 5 nitrogen and oxygen atoms in total. The number of halogens is 3. The molecule has 0 aliphatic carbocycles. The molecule has 0 aliphatic rings. The lowest BCUT2D eigenvalue weighted by Crippen LogP contribution is -2.36. The zero-order valence-corrected chi connectivity index (χ0v) is 11.3. The van der Waals surface area contributed by atoms with Gasteiger partial charge in [0.2, 0.25) is 5.91 Å². The molecule has 112 valence electrons. The molecule has 0 atom stereocenters. The van der Waals surface area contributed by atoms with Gasteiger partial charge in [-0.3, -0.25) is 4.79 Å². The van der Waals surface area contributed by atoms with Crippen LogP contribution in [0.5, 0.6) is 0 Å². The van der Waals surface area contributed by atoms with Crippen molar-refractivity contribution < 1.29 is 18.0 Å². The fourth-order valence-electron chi connectivity index (χ4n) is 1.69. The summed E-state index contributed by atoms with van der Waals surface area (Å²) in [4.78, 5) is 16.2. The highest BCUT2D eigenvalue weighted by Gasteiger charge is 2.33. The van der Waals surface area contributed by atoms with E-state index in [0.29, 0.717) is 13.0 Å². The first-order valence-electron chi connectivity index (χ1n) is 6.07. The number of carbonyl (C=O) groups is 1. The first-order chi connectivity index (χ1) is 9.29. The molecule has 1 heterocycles. The second-order valence-electron chi connectivity index (χ2n) is 4.22. The number of nitrogens with two attached hydrogens (primary N) is 1. The minimum absolute atomic E-state index is 0.0597. The van der Waals surface area contributed by atoms with Gasteiger partial charge in [0, 0.05) is 13.6 Å². The van der Waals surface area contributed by atoms with Crippen LogP contribution in [0, 0.1) is 0 Å². The van der Waals surface area contributed by atoms with Crippen LogP contribution in [-0.2, 0) is 11.0 Å². The SMILES string of the molecule is CCCN(CC(=O)NC)c1cc(C(F)(F)F)ncc1N. The Balaban J connectivity index is 3.14. The highest BCUT2D eigenvalue weighted by atomic mass is 19.4. The quantitative estimate of drug-likeness (QED) is 0.865. The maximum atomic E-state index is 12.7. The number of carbonyl (C=O) groups excluding carboxylic acids is 1. The van der Waals surface area contributed by atoms with Gasteiger partial charge in [-0.15, -0.1) is 0 Å². The molecule has 0 spiro atoms. The lowest BCUT2D eigenvalue weighted by atomic mass is 10.2. The first kappa shape index (κ1) is 16.1. The highest BCUT2D eigenvalue weighted by molar-refractivity contribution is 5.82. The standard InChI is InChI=1S/C12H17F3N4O/c1-3-4-19(7-11(20)17-2)9-5-10(12(13,14)15)18-6-8(9)16/h5-6H,3-4,7,16H2,1-2H3,(H,17,20). The van der Waals surface area contributed by atoms with E-state index in [1.165, 1.54) is 11.9 Å². The second kappa shape index (κ2) is 6.44. The maximum Gasteiger partial charge on any atom is 0.433 e. The van der Waals surface area contributed by atoms with Crippen LogP contribution in [0.1, 0.15) is 19.0 Å². The number of likely N-dealkylation sites (N-methyl/N-ethyl adjacent to an activating group) is 1. The minimum atomic E-state index is -4.55. The third-order valence-corrected chi connectivity index (χ3v) is 2.65. The molecule has 1 aromatic rings. The normalized spacial score (nSPS) is 11.2. The van der Waals surface area contributed by atoms with Crippen molar-refractivity contribution in [2.45, 2.75) is 19.5 Å². The van der Waals surface area contributed by atoms with Gasteiger partial charge >= 0.3 is 6.18 Å². The number of amides is 1. The number of hydrogen-bond donors (Lipinski definition) is 2. The summed E-state index contributed by atoms with van der Waals surface area (Å²) >= 11 is 0. The molecule has 1 amide bonds. The topological polar surface area (TPSA) is 71.2 Å². The molecule has 1 rings (SSSR count). The van der Waals surface area contributed by atoms with E-state index in [4.69, 9.17) is 5.73 Å². The van der Waals surface area contributed by atoms with Gasteiger partial charge in [0.05, 0.1) is 24.1 Å². The van der Waals surface area contributed by atoms with Gasteiger partial charge in [-0.25, -0.2) is 4.98 Å². The second-order valence-corrected chi connectivity index (χ2v) is 4.22. The number of anilines is 2. The molecule has 0 saturated heterocycles. The van der Waals surface area contributed by atoms with Crippen LogP contribution in [0.25, 0.3) is 0 Å². The van der Waals surface area contributed by atoms with E-state index >= 15 is 0 Å². The average molecular weight is 290 g/mol. The van der Waals surface area contributed by atoms with Gasteiger partial charge in [-0.2, -0.15) is 13.2 Å². The van der Waals surface area contributed by atoms with Crippen LogP contribution in [0.2, 0.25) is 0 Å². The summed E-state index contributed by atoms with van der Waals surface area (Å²) in [5.74, 6) is -0.303. The van der Waals surface area contributed by atoms with Crippen molar-refractivity contribution in [3.63, 3.8) is 0 Å². The number of nitrogen functional groups attached to an aromatic ring is 1. The van der Waals surface area contributed by atoms with Crippen molar-refractivity contribution in [3.8, 4) is 0 Å². The fraction of sp³-hybridized carbons (Fsp3) is 0.500. The molecule has 8 heteroatoms. The summed E-state index contributed by atoms with van der Waals surface area (Å²) in [6.07, 6.45) is -2.92. The monoisotopic (exact) mass is 290 g/mol. The Morgan fingerprint density at radius 1 is 1.50 bits per heavy atom. The van der Waals surface area contributed by atoms with Crippen molar-refractivity contribution >= 4 is 17.3 Å². The number of alkyl halides is 3. The molecule has 20 heavy (non-hydrogen) atoms. The molecule has 3 N–H and O–H groups in total. The van der Waals surface area contributed by atoms with Gasteiger partial charge in [0.25, 0.3) is 0 Å². The fourth-order valence-corrected chi connectivity index (χ4v) is 1.69. The van der Waals surface area contributed by atoms with E-state index in [-0.39, 0.29) is 23.8 Å². The summed E-state index contributed by atoms with van der Waals surface area (Å²) in [5, 5.41) is 2.43. The number of nitrogens with zero attached hydrogens (tertiary/aromatic N) is 2. The Kier molecular flexibility index (Phi) is 5.18. The zero-order valence-electron chi connectivity index (χ0n) is 11.3. The van der Waals surface area contributed by atoms with Gasteiger partial charge in [-0.05, 0) is 12.5 Å². The number of aromatic nitrogens is 1. The summed E-state index contributed by atoms with van der Waals surface area (Å²) in [6.45, 7) is 2.22. The minimum Gasteiger partial charge on any atom is -0.396 e. The number of pyridine rings is 1. The largest absolute Gasteiger partial charge is 0.433 e. The average Bonchev–Trinajstić information content (AvgIpc) is 2.37. The number of hydrogen-bond acceptors (Lipinski definition) is 4. The highest BCUT2D eigenvalue weighted by Crippen LogP contribution is 2.32. The molecule has 0 bridgehead atoms. The summed E-state index contributed by atoms with van der Waals surface area (Å²) in [6, 6.07) is 0.869. The van der Waals surface area contributed by atoms with Crippen LogP contribution in [-0.4, -0.2) is 31.0 Å². The van der Waals surface area contributed by atoms with Crippen molar-refractivity contribution in [2.24, 2.45) is 0 Å². The molecule has 0 saturated carbocycles. The Bertz CT molecular complexity index is 476. The van der Waals surface area contributed by atoms with E-state index in [2.05, 4.69) is 10.3 Å². The van der Waals surface area contributed by atoms with Crippen molar-refractivity contribution in [2.75, 3.05) is 30.8 Å². The summed E-state index contributed by atoms with van der Waals surface area (Å²) in [5.41, 5.74) is 4.92. The van der Waals surface area contributed by atoms with Crippen LogP contribution in [0.4, 0.5) is 24.5 Å². The van der Waals surface area contributed by atoms with E-state index in [1.54, 1.807) is 0 Å². The maximum absolute atomic E-state index is 12.7. The summed E-state index contributed by atoms with van der Waals surface area (Å²) in [7, 11) is 1.46. The predicted octanol–water partition coefficient (Wildman–Crippen LogP) is 1.64. The molecule has 0 unspecified atom stereocenters. The Morgan fingerprint density at radius 2 is 2.15 bits per heavy atom. The number of nitrogens with one attached hydrogen (secondary N) is 1. The third kappa shape index (κ3) is 4.01. The third-order valence-electron chi connectivity index (χ3n) is 2.65. The van der Waals surface area contributed by atoms with Gasteiger partial charge in [-0.1, -0.05) is 6.92 Å².